The third-order valence-electron chi connectivity index (χ3n) is 5.50. The maximum Gasteiger partial charge on any atom is 0.316 e. The molecule has 2 fully saturated rings. The average molecular weight is 381 g/mol. The number of carbonyl (C=O) groups excluding carboxylic acids is 1. The van der Waals surface area contributed by atoms with Crippen molar-refractivity contribution >= 4 is 16.0 Å². The van der Waals surface area contributed by atoms with Crippen LogP contribution in [0.1, 0.15) is 44.6 Å². The molecule has 7 heteroatoms. The summed E-state index contributed by atoms with van der Waals surface area (Å²) in [5.74, 6) is -0.240. The molecule has 1 aromatic rings. The molecule has 1 N–H and O–H groups in total. The lowest BCUT2D eigenvalue weighted by Crippen LogP contribution is -2.46. The highest BCUT2D eigenvalue weighted by Gasteiger charge is 2.52. The van der Waals surface area contributed by atoms with Gasteiger partial charge in [0.25, 0.3) is 0 Å². The molecule has 0 spiro atoms. The minimum Gasteiger partial charge on any atom is -0.468 e. The quantitative estimate of drug-likeness (QED) is 0.733. The molecular weight excluding hydrogens is 352 g/mol. The number of piperidine rings is 1. The Balaban J connectivity index is 1.85. The Kier molecular flexibility index (Phi) is 5.69. The van der Waals surface area contributed by atoms with Gasteiger partial charge in [0.2, 0.25) is 10.0 Å². The number of rotatable bonds is 7. The Labute approximate surface area is 156 Å². The van der Waals surface area contributed by atoms with Crippen molar-refractivity contribution in [3.05, 3.63) is 29.8 Å². The Hall–Kier alpha value is -1.44. The molecule has 2 aliphatic rings. The molecule has 6 nitrogen and oxygen atoms in total. The second-order valence-electron chi connectivity index (χ2n) is 7.19. The summed E-state index contributed by atoms with van der Waals surface area (Å²) in [6, 6.07) is 6.85. The first-order valence-corrected chi connectivity index (χ1v) is 10.8. The van der Waals surface area contributed by atoms with Gasteiger partial charge in [-0.3, -0.25) is 4.79 Å². The molecule has 144 valence electrons. The lowest BCUT2D eigenvalue weighted by atomic mass is 9.96. The van der Waals surface area contributed by atoms with Gasteiger partial charge in [-0.05, 0) is 62.9 Å². The van der Waals surface area contributed by atoms with Crippen LogP contribution in [0.25, 0.3) is 0 Å². The number of nitrogens with zero attached hydrogens (tertiary/aromatic N) is 1. The summed E-state index contributed by atoms with van der Waals surface area (Å²) in [4.78, 5) is 12.3. The van der Waals surface area contributed by atoms with Crippen LogP contribution in [-0.4, -0.2) is 51.5 Å². The smallest absolute Gasteiger partial charge is 0.316 e. The highest BCUT2D eigenvalue weighted by molar-refractivity contribution is 7.89. The maximum absolute atomic E-state index is 13.2. The van der Waals surface area contributed by atoms with Gasteiger partial charge in [0.05, 0.1) is 17.4 Å². The number of carbonyl (C=O) groups is 1. The van der Waals surface area contributed by atoms with Crippen LogP contribution in [0.4, 0.5) is 0 Å². The molecule has 0 atom stereocenters. The molecule has 3 rings (SSSR count). The van der Waals surface area contributed by atoms with Crippen molar-refractivity contribution in [1.82, 2.24) is 9.62 Å². The molecule has 1 aliphatic heterocycles. The topological polar surface area (TPSA) is 75.7 Å². The minimum absolute atomic E-state index is 0.0470. The number of hydrogen-bond acceptors (Lipinski definition) is 5. The first kappa shape index (κ1) is 19.3. The Morgan fingerprint density at radius 3 is 2.35 bits per heavy atom. The van der Waals surface area contributed by atoms with E-state index in [2.05, 4.69) is 5.32 Å². The predicted molar refractivity (Wildman–Crippen MR) is 99.4 cm³/mol. The Morgan fingerprint density at radius 1 is 1.23 bits per heavy atom. The van der Waals surface area contributed by atoms with E-state index in [4.69, 9.17) is 4.74 Å². The van der Waals surface area contributed by atoms with Gasteiger partial charge in [0.15, 0.2) is 0 Å². The van der Waals surface area contributed by atoms with Crippen molar-refractivity contribution in [3.8, 4) is 0 Å². The normalized spacial score (nSPS) is 20.1. The number of benzene rings is 1. The number of sulfonamides is 1. The number of esters is 1. The van der Waals surface area contributed by atoms with E-state index in [-0.39, 0.29) is 12.0 Å². The SMILES string of the molecule is CCCN(C1CCNCC1)S(=O)(=O)c1ccc(C2(C(=O)OC)CC2)cc1. The van der Waals surface area contributed by atoms with Crippen LogP contribution < -0.4 is 5.32 Å². The van der Waals surface area contributed by atoms with E-state index < -0.39 is 15.4 Å². The van der Waals surface area contributed by atoms with E-state index in [1.54, 1.807) is 28.6 Å². The van der Waals surface area contributed by atoms with E-state index in [0.717, 1.165) is 50.8 Å². The fourth-order valence-electron chi connectivity index (χ4n) is 3.83. The Bertz CT molecular complexity index is 735. The summed E-state index contributed by atoms with van der Waals surface area (Å²) in [6.07, 6.45) is 3.96. The van der Waals surface area contributed by atoms with Gasteiger partial charge in [0, 0.05) is 12.6 Å². The second-order valence-corrected chi connectivity index (χ2v) is 9.09. The monoisotopic (exact) mass is 380 g/mol. The van der Waals surface area contributed by atoms with Crippen LogP contribution >= 0.6 is 0 Å². The van der Waals surface area contributed by atoms with Gasteiger partial charge in [-0.2, -0.15) is 4.31 Å². The molecule has 0 amide bonds. The number of hydrogen-bond donors (Lipinski definition) is 1. The van der Waals surface area contributed by atoms with Crippen LogP contribution in [0.3, 0.4) is 0 Å². The summed E-state index contributed by atoms with van der Waals surface area (Å²) < 4.78 is 33.0. The summed E-state index contributed by atoms with van der Waals surface area (Å²) in [5.41, 5.74) is 0.266. The molecule has 26 heavy (non-hydrogen) atoms. The molecule has 1 aliphatic carbocycles. The predicted octanol–water partition coefficient (Wildman–Crippen LogP) is 2.04. The summed E-state index contributed by atoms with van der Waals surface area (Å²) in [7, 11) is -2.15. The molecule has 0 bridgehead atoms. The van der Waals surface area contributed by atoms with Crippen molar-refractivity contribution < 1.29 is 17.9 Å². The summed E-state index contributed by atoms with van der Waals surface area (Å²) in [6.45, 7) is 4.22. The van der Waals surface area contributed by atoms with Gasteiger partial charge >= 0.3 is 5.97 Å². The van der Waals surface area contributed by atoms with Gasteiger partial charge in [-0.25, -0.2) is 8.42 Å². The third-order valence-corrected chi connectivity index (χ3v) is 7.47. The average Bonchev–Trinajstić information content (AvgIpc) is 3.48. The number of methoxy groups -OCH3 is 1. The zero-order chi connectivity index (χ0) is 18.8. The maximum atomic E-state index is 13.2. The molecule has 1 heterocycles. The zero-order valence-corrected chi connectivity index (χ0v) is 16.3. The molecule has 0 radical (unpaired) electrons. The van der Waals surface area contributed by atoms with Crippen molar-refractivity contribution in [3.63, 3.8) is 0 Å². The summed E-state index contributed by atoms with van der Waals surface area (Å²) in [5, 5.41) is 3.28. The van der Waals surface area contributed by atoms with Crippen LogP contribution in [0.5, 0.6) is 0 Å². The third kappa shape index (κ3) is 3.52. The zero-order valence-electron chi connectivity index (χ0n) is 15.5. The van der Waals surface area contributed by atoms with Crippen molar-refractivity contribution in [1.29, 1.82) is 0 Å². The minimum atomic E-state index is -3.54. The largest absolute Gasteiger partial charge is 0.468 e. The van der Waals surface area contributed by atoms with Crippen molar-refractivity contribution in [2.45, 2.75) is 55.4 Å². The first-order chi connectivity index (χ1) is 12.5. The first-order valence-electron chi connectivity index (χ1n) is 9.37. The van der Waals surface area contributed by atoms with E-state index in [0.29, 0.717) is 11.4 Å². The molecule has 1 aromatic carbocycles. The standard InChI is InChI=1S/C19H28N2O4S/c1-3-14-21(16-8-12-20-13-9-16)26(23,24)17-6-4-15(5-7-17)19(10-11-19)18(22)25-2/h4-7,16,20H,3,8-14H2,1-2H3. The van der Waals surface area contributed by atoms with Crippen LogP contribution in [0, 0.1) is 0 Å². The van der Waals surface area contributed by atoms with Gasteiger partial charge in [-0.15, -0.1) is 0 Å². The van der Waals surface area contributed by atoms with Gasteiger partial charge < -0.3 is 10.1 Å². The van der Waals surface area contributed by atoms with E-state index in [9.17, 15) is 13.2 Å². The van der Waals surface area contributed by atoms with E-state index in [1.807, 2.05) is 6.92 Å². The van der Waals surface area contributed by atoms with Gasteiger partial charge in [0.1, 0.15) is 0 Å². The Morgan fingerprint density at radius 2 is 1.85 bits per heavy atom. The fraction of sp³-hybridized carbons (Fsp3) is 0.632. The van der Waals surface area contributed by atoms with Crippen LogP contribution in [0.2, 0.25) is 0 Å². The van der Waals surface area contributed by atoms with Crippen molar-refractivity contribution in [2.75, 3.05) is 26.7 Å². The van der Waals surface area contributed by atoms with Gasteiger partial charge in [-0.1, -0.05) is 19.1 Å². The van der Waals surface area contributed by atoms with Crippen LogP contribution in [0.15, 0.2) is 29.2 Å². The molecular formula is C19H28N2O4S. The molecule has 1 saturated carbocycles. The van der Waals surface area contributed by atoms with Crippen LogP contribution in [-0.2, 0) is 25.0 Å². The van der Waals surface area contributed by atoms with E-state index >= 15 is 0 Å². The number of ether oxygens (including phenoxy) is 1. The lowest BCUT2D eigenvalue weighted by Gasteiger charge is -2.33. The lowest BCUT2D eigenvalue weighted by molar-refractivity contribution is -0.143. The number of nitrogens with one attached hydrogen (secondary N) is 1. The molecule has 0 unspecified atom stereocenters. The van der Waals surface area contributed by atoms with Crippen molar-refractivity contribution in [2.24, 2.45) is 0 Å². The molecule has 1 saturated heterocycles. The highest BCUT2D eigenvalue weighted by Crippen LogP contribution is 2.49. The highest BCUT2D eigenvalue weighted by atomic mass is 32.2. The fourth-order valence-corrected chi connectivity index (χ4v) is 5.60. The molecule has 0 aromatic heterocycles. The van der Waals surface area contributed by atoms with E-state index in [1.165, 1.54) is 7.11 Å². The second kappa shape index (κ2) is 7.66. The summed E-state index contributed by atoms with van der Waals surface area (Å²) >= 11 is 0.